The smallest absolute Gasteiger partial charge is 0.231 e. The van der Waals surface area contributed by atoms with Crippen LogP contribution >= 0.6 is 0 Å². The van der Waals surface area contributed by atoms with Gasteiger partial charge in [-0.3, -0.25) is 4.79 Å². The van der Waals surface area contributed by atoms with Crippen LogP contribution in [0.5, 0.6) is 17.2 Å². The maximum Gasteiger partial charge on any atom is 0.231 e. The van der Waals surface area contributed by atoms with Gasteiger partial charge in [0, 0.05) is 17.9 Å². The van der Waals surface area contributed by atoms with E-state index in [1.807, 2.05) is 29.8 Å². The average molecular weight is 405 g/mol. The molecule has 0 aliphatic carbocycles. The predicted molar refractivity (Wildman–Crippen MR) is 111 cm³/mol. The molecular weight excluding hydrogens is 382 g/mol. The number of nitrogens with one attached hydrogen (secondary N) is 1. The number of hydrogen-bond donors (Lipinski definition) is 1. The number of ether oxygens (including phenoxy) is 3. The summed E-state index contributed by atoms with van der Waals surface area (Å²) in [5.74, 6) is 2.44. The Labute approximate surface area is 174 Å². The van der Waals surface area contributed by atoms with Gasteiger partial charge < -0.3 is 19.5 Å². The van der Waals surface area contributed by atoms with Crippen molar-refractivity contribution in [1.82, 2.24) is 9.78 Å². The van der Waals surface area contributed by atoms with E-state index < -0.39 is 0 Å². The zero-order valence-corrected chi connectivity index (χ0v) is 17.2. The van der Waals surface area contributed by atoms with Crippen molar-refractivity contribution in [1.29, 1.82) is 0 Å². The van der Waals surface area contributed by atoms with E-state index in [1.165, 1.54) is 5.56 Å². The first-order valence-electron chi connectivity index (χ1n) is 9.93. The van der Waals surface area contributed by atoms with Crippen LogP contribution in [0.4, 0.5) is 5.82 Å². The lowest BCUT2D eigenvalue weighted by Gasteiger charge is -2.25. The number of amides is 1. The molecule has 0 saturated carbocycles. The Bertz CT molecular complexity index is 1150. The fourth-order valence-electron chi connectivity index (χ4n) is 4.35. The summed E-state index contributed by atoms with van der Waals surface area (Å²) in [5.41, 5.74) is 5.22. The summed E-state index contributed by atoms with van der Waals surface area (Å²) in [5, 5.41) is 7.80. The number of fused-ring (bicyclic) bond motifs is 2. The minimum atomic E-state index is -0.136. The van der Waals surface area contributed by atoms with Gasteiger partial charge in [-0.1, -0.05) is 29.8 Å². The van der Waals surface area contributed by atoms with Crippen molar-refractivity contribution in [2.45, 2.75) is 32.7 Å². The van der Waals surface area contributed by atoms with Crippen LogP contribution in [0.25, 0.3) is 0 Å². The number of anilines is 1. The first-order valence-corrected chi connectivity index (χ1v) is 9.93. The highest BCUT2D eigenvalue weighted by Gasteiger charge is 2.34. The summed E-state index contributed by atoms with van der Waals surface area (Å²) in [7, 11) is 1.60. The molecule has 0 bridgehead atoms. The molecule has 1 amide bonds. The molecule has 2 aromatic carbocycles. The molecule has 7 heteroatoms. The van der Waals surface area contributed by atoms with Gasteiger partial charge in [-0.2, -0.15) is 5.10 Å². The van der Waals surface area contributed by atoms with Gasteiger partial charge >= 0.3 is 0 Å². The molecule has 3 heterocycles. The van der Waals surface area contributed by atoms with E-state index in [0.717, 1.165) is 28.2 Å². The third-order valence-electron chi connectivity index (χ3n) is 5.67. The van der Waals surface area contributed by atoms with Crippen molar-refractivity contribution in [3.8, 4) is 17.2 Å². The Balaban J connectivity index is 1.58. The highest BCUT2D eigenvalue weighted by atomic mass is 16.7. The van der Waals surface area contributed by atoms with Crippen molar-refractivity contribution in [3.05, 3.63) is 64.3 Å². The van der Waals surface area contributed by atoms with Crippen molar-refractivity contribution < 1.29 is 19.0 Å². The number of benzene rings is 2. The number of rotatable bonds is 4. The molecule has 154 valence electrons. The molecule has 0 spiro atoms. The molecule has 1 aromatic heterocycles. The van der Waals surface area contributed by atoms with E-state index in [0.29, 0.717) is 30.2 Å². The zero-order chi connectivity index (χ0) is 20.8. The van der Waals surface area contributed by atoms with Crippen molar-refractivity contribution in [3.63, 3.8) is 0 Å². The van der Waals surface area contributed by atoms with Crippen LogP contribution in [0.15, 0.2) is 36.4 Å². The molecule has 1 N–H and O–H groups in total. The molecular formula is C23H23N3O4. The first kappa shape index (κ1) is 18.5. The second-order valence-corrected chi connectivity index (χ2v) is 7.76. The lowest BCUT2D eigenvalue weighted by Crippen LogP contribution is -2.25. The SMILES string of the molecule is COc1cc(C2CC(=O)Nc3c2c(C)nn3Cc2cccc(C)c2)cc2c1OCO2. The molecule has 0 saturated heterocycles. The lowest BCUT2D eigenvalue weighted by atomic mass is 9.85. The third-order valence-corrected chi connectivity index (χ3v) is 5.67. The number of nitrogens with zero attached hydrogens (tertiary/aromatic N) is 2. The first-order chi connectivity index (χ1) is 14.5. The van der Waals surface area contributed by atoms with Gasteiger partial charge in [0.2, 0.25) is 18.4 Å². The van der Waals surface area contributed by atoms with Crippen LogP contribution in [-0.4, -0.2) is 29.6 Å². The lowest BCUT2D eigenvalue weighted by molar-refractivity contribution is -0.116. The largest absolute Gasteiger partial charge is 0.493 e. The average Bonchev–Trinajstić information content (AvgIpc) is 3.31. The molecule has 2 aliphatic heterocycles. The topological polar surface area (TPSA) is 74.6 Å². The second-order valence-electron chi connectivity index (χ2n) is 7.76. The third kappa shape index (κ3) is 3.07. The van der Waals surface area contributed by atoms with Gasteiger partial charge in [0.1, 0.15) is 5.82 Å². The van der Waals surface area contributed by atoms with Crippen LogP contribution in [-0.2, 0) is 11.3 Å². The van der Waals surface area contributed by atoms with E-state index in [9.17, 15) is 4.79 Å². The number of carbonyl (C=O) groups excluding carboxylic acids is 1. The van der Waals surface area contributed by atoms with E-state index in [4.69, 9.17) is 19.3 Å². The molecule has 0 radical (unpaired) electrons. The Morgan fingerprint density at radius 3 is 2.90 bits per heavy atom. The number of aryl methyl sites for hydroxylation is 2. The van der Waals surface area contributed by atoms with Gasteiger partial charge in [0.25, 0.3) is 0 Å². The molecule has 1 atom stereocenters. The molecule has 2 aliphatic rings. The van der Waals surface area contributed by atoms with Gasteiger partial charge in [-0.25, -0.2) is 4.68 Å². The summed E-state index contributed by atoms with van der Waals surface area (Å²) >= 11 is 0. The van der Waals surface area contributed by atoms with Crippen molar-refractivity contribution in [2.24, 2.45) is 0 Å². The highest BCUT2D eigenvalue weighted by molar-refractivity contribution is 5.94. The monoisotopic (exact) mass is 405 g/mol. The number of carbonyl (C=O) groups is 1. The summed E-state index contributed by atoms with van der Waals surface area (Å²) in [4.78, 5) is 12.6. The molecule has 7 nitrogen and oxygen atoms in total. The molecule has 0 fully saturated rings. The number of aromatic nitrogens is 2. The maximum atomic E-state index is 12.6. The zero-order valence-electron chi connectivity index (χ0n) is 17.2. The summed E-state index contributed by atoms with van der Waals surface area (Å²) in [6.07, 6.45) is 0.340. The van der Waals surface area contributed by atoms with Crippen molar-refractivity contribution >= 4 is 11.7 Å². The minimum absolute atomic E-state index is 0.0328. The van der Waals surface area contributed by atoms with E-state index in [2.05, 4.69) is 30.4 Å². The minimum Gasteiger partial charge on any atom is -0.493 e. The van der Waals surface area contributed by atoms with Crippen LogP contribution in [0.1, 0.15) is 40.3 Å². The predicted octanol–water partition coefficient (Wildman–Crippen LogP) is 3.76. The van der Waals surface area contributed by atoms with Crippen LogP contribution in [0.3, 0.4) is 0 Å². The van der Waals surface area contributed by atoms with Crippen LogP contribution < -0.4 is 19.5 Å². The Hall–Kier alpha value is -3.48. The Morgan fingerprint density at radius 1 is 1.23 bits per heavy atom. The van der Waals surface area contributed by atoms with E-state index >= 15 is 0 Å². The maximum absolute atomic E-state index is 12.6. The normalized spacial score (nSPS) is 16.9. The summed E-state index contributed by atoms with van der Waals surface area (Å²) in [6.45, 7) is 4.81. The standard InChI is InChI=1S/C23H23N3O4/c1-13-5-4-6-15(7-13)11-26-23-21(14(2)25-26)17(10-20(27)24-23)16-8-18(28-3)22-19(9-16)29-12-30-22/h4-9,17H,10-12H2,1-3H3,(H,24,27). The van der Waals surface area contributed by atoms with Crippen molar-refractivity contribution in [2.75, 3.05) is 19.2 Å². The van der Waals surface area contributed by atoms with E-state index in [1.54, 1.807) is 7.11 Å². The van der Waals surface area contributed by atoms with Crippen LogP contribution in [0, 0.1) is 13.8 Å². The fourth-order valence-corrected chi connectivity index (χ4v) is 4.35. The molecule has 1 unspecified atom stereocenters. The number of hydrogen-bond acceptors (Lipinski definition) is 5. The molecule has 3 aromatic rings. The number of methoxy groups -OCH3 is 1. The van der Waals surface area contributed by atoms with Gasteiger partial charge in [-0.15, -0.1) is 0 Å². The summed E-state index contributed by atoms with van der Waals surface area (Å²) < 4.78 is 18.5. The van der Waals surface area contributed by atoms with Gasteiger partial charge in [0.15, 0.2) is 11.5 Å². The quantitative estimate of drug-likeness (QED) is 0.715. The highest BCUT2D eigenvalue weighted by Crippen LogP contribution is 2.47. The molecule has 30 heavy (non-hydrogen) atoms. The Kier molecular flexibility index (Phi) is 4.38. The van der Waals surface area contributed by atoms with Gasteiger partial charge in [0.05, 0.1) is 19.3 Å². The van der Waals surface area contributed by atoms with E-state index in [-0.39, 0.29) is 18.6 Å². The second kappa shape index (κ2) is 7.09. The fraction of sp³-hybridized carbons (Fsp3) is 0.304. The van der Waals surface area contributed by atoms with Gasteiger partial charge in [-0.05, 0) is 37.1 Å². The molecule has 5 rings (SSSR count). The Morgan fingerprint density at radius 2 is 2.10 bits per heavy atom. The van der Waals surface area contributed by atoms with Crippen LogP contribution in [0.2, 0.25) is 0 Å². The summed E-state index contributed by atoms with van der Waals surface area (Å²) in [6, 6.07) is 12.2.